The first kappa shape index (κ1) is 10.1. The van der Waals surface area contributed by atoms with Gasteiger partial charge in [0.25, 0.3) is 0 Å². The molecule has 0 aliphatic carbocycles. The lowest BCUT2D eigenvalue weighted by Crippen LogP contribution is -2.06. The molecule has 72 valence electrons. The Balaban J connectivity index is 2.79. The summed E-state index contributed by atoms with van der Waals surface area (Å²) in [6.07, 6.45) is 1.14. The summed E-state index contributed by atoms with van der Waals surface area (Å²) < 4.78 is 0. The summed E-state index contributed by atoms with van der Waals surface area (Å²) in [6.45, 7) is 5.86. The summed E-state index contributed by atoms with van der Waals surface area (Å²) in [5, 5.41) is 3.36. The molecule has 1 aromatic carbocycles. The number of anilines is 1. The molecule has 1 aromatic rings. The Hall–Kier alpha value is -1.02. The van der Waals surface area contributed by atoms with E-state index in [1.165, 1.54) is 16.8 Å². The zero-order valence-electron chi connectivity index (χ0n) is 8.43. The van der Waals surface area contributed by atoms with E-state index in [-0.39, 0.29) is 0 Å². The Bertz CT molecular complexity index is 269. The summed E-state index contributed by atoms with van der Waals surface area (Å²) in [5.74, 6) is 0. The van der Waals surface area contributed by atoms with Crippen LogP contribution in [0.4, 0.5) is 5.69 Å². The van der Waals surface area contributed by atoms with E-state index in [4.69, 9.17) is 5.73 Å². The highest BCUT2D eigenvalue weighted by molar-refractivity contribution is 5.52. The number of benzene rings is 1. The van der Waals surface area contributed by atoms with Gasteiger partial charge in [0.15, 0.2) is 0 Å². The van der Waals surface area contributed by atoms with Crippen LogP contribution in [-0.2, 0) is 6.54 Å². The second-order valence-electron chi connectivity index (χ2n) is 3.29. The molecule has 0 fully saturated rings. The first-order valence-electron chi connectivity index (χ1n) is 4.81. The number of hydrogen-bond donors (Lipinski definition) is 2. The zero-order valence-corrected chi connectivity index (χ0v) is 8.43. The Morgan fingerprint density at radius 3 is 2.77 bits per heavy atom. The topological polar surface area (TPSA) is 38.0 Å². The Labute approximate surface area is 80.1 Å². The van der Waals surface area contributed by atoms with E-state index in [0.29, 0.717) is 6.54 Å². The molecule has 1 rings (SSSR count). The molecule has 2 heteroatoms. The van der Waals surface area contributed by atoms with Crippen molar-refractivity contribution in [2.45, 2.75) is 26.8 Å². The highest BCUT2D eigenvalue weighted by Gasteiger charge is 1.99. The summed E-state index contributed by atoms with van der Waals surface area (Å²) >= 11 is 0. The van der Waals surface area contributed by atoms with Gasteiger partial charge in [0.1, 0.15) is 0 Å². The second kappa shape index (κ2) is 4.87. The van der Waals surface area contributed by atoms with E-state index in [0.717, 1.165) is 13.0 Å². The largest absolute Gasteiger partial charge is 0.385 e. The first-order valence-corrected chi connectivity index (χ1v) is 4.81. The monoisotopic (exact) mass is 178 g/mol. The van der Waals surface area contributed by atoms with Gasteiger partial charge in [0.2, 0.25) is 0 Å². The normalized spacial score (nSPS) is 10.1. The number of hydrogen-bond acceptors (Lipinski definition) is 2. The van der Waals surface area contributed by atoms with Crippen LogP contribution < -0.4 is 11.1 Å². The molecule has 0 amide bonds. The summed E-state index contributed by atoms with van der Waals surface area (Å²) in [4.78, 5) is 0. The molecule has 2 nitrogen and oxygen atoms in total. The van der Waals surface area contributed by atoms with Crippen molar-refractivity contribution in [1.82, 2.24) is 0 Å². The molecule has 0 unspecified atom stereocenters. The van der Waals surface area contributed by atoms with Crippen LogP contribution in [-0.4, -0.2) is 6.54 Å². The van der Waals surface area contributed by atoms with E-state index < -0.39 is 0 Å². The van der Waals surface area contributed by atoms with Crippen molar-refractivity contribution in [1.29, 1.82) is 0 Å². The van der Waals surface area contributed by atoms with Gasteiger partial charge in [-0.25, -0.2) is 0 Å². The molecule has 0 spiro atoms. The maximum atomic E-state index is 5.65. The van der Waals surface area contributed by atoms with Crippen LogP contribution in [0.15, 0.2) is 18.2 Å². The summed E-state index contributed by atoms with van der Waals surface area (Å²) in [5.41, 5.74) is 9.30. The number of rotatable bonds is 4. The average molecular weight is 178 g/mol. The van der Waals surface area contributed by atoms with Gasteiger partial charge in [0.05, 0.1) is 0 Å². The number of nitrogens with two attached hydrogens (primary N) is 1. The van der Waals surface area contributed by atoms with Gasteiger partial charge in [-0.05, 0) is 25.0 Å². The third-order valence-corrected chi connectivity index (χ3v) is 2.05. The molecule has 0 saturated heterocycles. The molecule has 0 radical (unpaired) electrons. The maximum absolute atomic E-state index is 5.65. The minimum Gasteiger partial charge on any atom is -0.385 e. The Kier molecular flexibility index (Phi) is 3.77. The molecule has 0 heterocycles. The van der Waals surface area contributed by atoms with Crippen LogP contribution >= 0.6 is 0 Å². The number of nitrogens with one attached hydrogen (secondary N) is 1. The van der Waals surface area contributed by atoms with Gasteiger partial charge in [-0.15, -0.1) is 0 Å². The molecule has 0 atom stereocenters. The second-order valence-corrected chi connectivity index (χ2v) is 3.29. The van der Waals surface area contributed by atoms with Crippen LogP contribution in [0.5, 0.6) is 0 Å². The van der Waals surface area contributed by atoms with Crippen molar-refractivity contribution in [2.24, 2.45) is 5.73 Å². The van der Waals surface area contributed by atoms with Gasteiger partial charge in [-0.2, -0.15) is 0 Å². The molecule has 0 aromatic heterocycles. The van der Waals surface area contributed by atoms with Crippen molar-refractivity contribution in [3.8, 4) is 0 Å². The van der Waals surface area contributed by atoms with Crippen LogP contribution in [0.2, 0.25) is 0 Å². The third kappa shape index (κ3) is 2.74. The van der Waals surface area contributed by atoms with E-state index >= 15 is 0 Å². The minimum absolute atomic E-state index is 0.605. The van der Waals surface area contributed by atoms with Crippen LogP contribution in [0.1, 0.15) is 24.5 Å². The van der Waals surface area contributed by atoms with Gasteiger partial charge in [-0.3, -0.25) is 0 Å². The lowest BCUT2D eigenvalue weighted by Gasteiger charge is -2.10. The van der Waals surface area contributed by atoms with Crippen molar-refractivity contribution >= 4 is 5.69 Å². The minimum atomic E-state index is 0.605. The zero-order chi connectivity index (χ0) is 9.68. The fraction of sp³-hybridized carbons (Fsp3) is 0.455. The van der Waals surface area contributed by atoms with E-state index in [1.807, 2.05) is 0 Å². The van der Waals surface area contributed by atoms with E-state index in [1.54, 1.807) is 0 Å². The van der Waals surface area contributed by atoms with Gasteiger partial charge >= 0.3 is 0 Å². The van der Waals surface area contributed by atoms with E-state index in [2.05, 4.69) is 37.4 Å². The molecule has 3 N–H and O–H groups in total. The van der Waals surface area contributed by atoms with Crippen LogP contribution in [0, 0.1) is 6.92 Å². The lowest BCUT2D eigenvalue weighted by molar-refractivity contribution is 0.968. The SMILES string of the molecule is CCCNc1ccc(C)cc1CN. The molecule has 0 saturated carbocycles. The average Bonchev–Trinajstić information content (AvgIpc) is 2.16. The van der Waals surface area contributed by atoms with Gasteiger partial charge in [0, 0.05) is 18.8 Å². The predicted molar refractivity (Wildman–Crippen MR) is 57.9 cm³/mol. The molecular formula is C11H18N2. The molecule has 0 bridgehead atoms. The fourth-order valence-electron chi connectivity index (χ4n) is 1.32. The van der Waals surface area contributed by atoms with Crippen molar-refractivity contribution < 1.29 is 0 Å². The highest BCUT2D eigenvalue weighted by atomic mass is 14.9. The van der Waals surface area contributed by atoms with Gasteiger partial charge in [-0.1, -0.05) is 24.6 Å². The molecule has 0 aliphatic rings. The smallest absolute Gasteiger partial charge is 0.0385 e. The Morgan fingerprint density at radius 2 is 2.15 bits per heavy atom. The first-order chi connectivity index (χ1) is 6.27. The number of aryl methyl sites for hydroxylation is 1. The van der Waals surface area contributed by atoms with Crippen LogP contribution in [0.3, 0.4) is 0 Å². The molecule has 13 heavy (non-hydrogen) atoms. The maximum Gasteiger partial charge on any atom is 0.0385 e. The van der Waals surface area contributed by atoms with Crippen molar-refractivity contribution in [3.63, 3.8) is 0 Å². The standard InChI is InChI=1S/C11H18N2/c1-3-6-13-11-5-4-9(2)7-10(11)8-12/h4-5,7,13H,3,6,8,12H2,1-2H3. The van der Waals surface area contributed by atoms with Gasteiger partial charge < -0.3 is 11.1 Å². The summed E-state index contributed by atoms with van der Waals surface area (Å²) in [7, 11) is 0. The van der Waals surface area contributed by atoms with Crippen molar-refractivity contribution in [3.05, 3.63) is 29.3 Å². The molecular weight excluding hydrogens is 160 g/mol. The quantitative estimate of drug-likeness (QED) is 0.742. The molecule has 0 aliphatic heterocycles. The highest BCUT2D eigenvalue weighted by Crippen LogP contribution is 2.16. The summed E-state index contributed by atoms with van der Waals surface area (Å²) in [6, 6.07) is 6.35. The van der Waals surface area contributed by atoms with Crippen LogP contribution in [0.25, 0.3) is 0 Å². The fourth-order valence-corrected chi connectivity index (χ4v) is 1.32. The Morgan fingerprint density at radius 1 is 1.38 bits per heavy atom. The third-order valence-electron chi connectivity index (χ3n) is 2.05. The predicted octanol–water partition coefficient (Wildman–Crippen LogP) is 2.28. The lowest BCUT2D eigenvalue weighted by atomic mass is 10.1. The van der Waals surface area contributed by atoms with Crippen molar-refractivity contribution in [2.75, 3.05) is 11.9 Å². The van der Waals surface area contributed by atoms with E-state index in [9.17, 15) is 0 Å².